The number of ketones is 1. The van der Waals surface area contributed by atoms with Gasteiger partial charge in [0.05, 0.1) is 0 Å². The summed E-state index contributed by atoms with van der Waals surface area (Å²) in [6, 6.07) is 6.02. The van der Waals surface area contributed by atoms with Crippen LogP contribution in [0.15, 0.2) is 24.3 Å². The van der Waals surface area contributed by atoms with Crippen LogP contribution in [0.4, 0.5) is 4.79 Å². The number of carbonyl (C=O) groups is 3. The van der Waals surface area contributed by atoms with Gasteiger partial charge < -0.3 is 10.1 Å². The molecule has 0 saturated heterocycles. The molecule has 22 heavy (non-hydrogen) atoms. The van der Waals surface area contributed by atoms with Crippen molar-refractivity contribution in [3.8, 4) is 5.75 Å². The number of nitrogens with one attached hydrogen (secondary N) is 2. The zero-order valence-corrected chi connectivity index (χ0v) is 13.0. The van der Waals surface area contributed by atoms with Crippen LogP contribution in [0.5, 0.6) is 5.75 Å². The average Bonchev–Trinajstić information content (AvgIpc) is 2.53. The molecule has 0 aliphatic carbocycles. The van der Waals surface area contributed by atoms with Crippen LogP contribution in [0.1, 0.15) is 43.5 Å². The first-order valence-electron chi connectivity index (χ1n) is 7.40. The van der Waals surface area contributed by atoms with E-state index < -0.39 is 11.9 Å². The number of Topliss-reactive ketones (excluding diaryl/α,β-unsaturated/α-hetero) is 1. The van der Waals surface area contributed by atoms with Crippen LogP contribution in [-0.4, -0.2) is 30.9 Å². The molecule has 0 aliphatic heterocycles. The third-order valence-electron chi connectivity index (χ3n) is 2.94. The van der Waals surface area contributed by atoms with E-state index in [1.54, 1.807) is 31.2 Å². The Hall–Kier alpha value is -2.37. The molecule has 1 aromatic carbocycles. The maximum absolute atomic E-state index is 11.5. The predicted molar refractivity (Wildman–Crippen MR) is 83.0 cm³/mol. The number of ether oxygens (including phenoxy) is 1. The Morgan fingerprint density at radius 3 is 2.36 bits per heavy atom. The van der Waals surface area contributed by atoms with Crippen molar-refractivity contribution in [1.29, 1.82) is 0 Å². The van der Waals surface area contributed by atoms with Crippen molar-refractivity contribution in [2.24, 2.45) is 0 Å². The van der Waals surface area contributed by atoms with Crippen molar-refractivity contribution in [2.75, 3.05) is 13.2 Å². The van der Waals surface area contributed by atoms with Gasteiger partial charge in [0.15, 0.2) is 12.4 Å². The number of carbonyl (C=O) groups excluding carboxylic acids is 3. The fraction of sp³-hybridized carbons (Fsp3) is 0.438. The lowest BCUT2D eigenvalue weighted by molar-refractivity contribution is -0.122. The molecule has 0 radical (unpaired) electrons. The molecule has 0 bridgehead atoms. The summed E-state index contributed by atoms with van der Waals surface area (Å²) in [5.74, 6) is -0.00931. The van der Waals surface area contributed by atoms with E-state index in [-0.39, 0.29) is 12.4 Å². The van der Waals surface area contributed by atoms with Crippen molar-refractivity contribution < 1.29 is 19.1 Å². The minimum Gasteiger partial charge on any atom is -0.484 e. The molecule has 0 saturated carbocycles. The number of hydrogen-bond donors (Lipinski definition) is 2. The summed E-state index contributed by atoms with van der Waals surface area (Å²) in [6.07, 6.45) is 2.27. The number of benzene rings is 1. The largest absolute Gasteiger partial charge is 0.484 e. The maximum Gasteiger partial charge on any atom is 0.321 e. The Bertz CT molecular complexity index is 511. The second-order valence-corrected chi connectivity index (χ2v) is 4.75. The summed E-state index contributed by atoms with van der Waals surface area (Å²) in [5, 5.41) is 4.75. The van der Waals surface area contributed by atoms with Gasteiger partial charge in [-0.15, -0.1) is 0 Å². The highest BCUT2D eigenvalue weighted by atomic mass is 16.5. The molecule has 1 rings (SSSR count). The van der Waals surface area contributed by atoms with E-state index in [1.165, 1.54) is 0 Å². The van der Waals surface area contributed by atoms with Gasteiger partial charge in [-0.25, -0.2) is 4.79 Å². The van der Waals surface area contributed by atoms with Gasteiger partial charge in [-0.2, -0.15) is 0 Å². The number of hydrogen-bond acceptors (Lipinski definition) is 4. The molecule has 0 fully saturated rings. The van der Waals surface area contributed by atoms with E-state index in [0.717, 1.165) is 12.8 Å². The Kier molecular flexibility index (Phi) is 7.67. The first kappa shape index (κ1) is 17.7. The van der Waals surface area contributed by atoms with Gasteiger partial charge in [-0.1, -0.05) is 20.3 Å². The number of imide groups is 1. The van der Waals surface area contributed by atoms with Crippen molar-refractivity contribution in [3.63, 3.8) is 0 Å². The number of rotatable bonds is 8. The van der Waals surface area contributed by atoms with Crippen LogP contribution in [0.3, 0.4) is 0 Å². The molecule has 0 atom stereocenters. The summed E-state index contributed by atoms with van der Waals surface area (Å²) < 4.78 is 5.26. The minimum atomic E-state index is -0.525. The molecule has 0 unspecified atom stereocenters. The molecule has 0 spiro atoms. The number of unbranched alkanes of at least 4 members (excludes halogenated alkanes) is 1. The quantitative estimate of drug-likeness (QED) is 0.570. The van der Waals surface area contributed by atoms with Crippen molar-refractivity contribution in [1.82, 2.24) is 10.6 Å². The molecular formula is C16H22N2O4. The fourth-order valence-electron chi connectivity index (χ4n) is 1.68. The maximum atomic E-state index is 11.5. The van der Waals surface area contributed by atoms with Crippen LogP contribution in [0, 0.1) is 0 Å². The summed E-state index contributed by atoms with van der Waals surface area (Å²) in [4.78, 5) is 34.4. The molecule has 0 heterocycles. The van der Waals surface area contributed by atoms with Gasteiger partial charge in [-0.3, -0.25) is 14.9 Å². The third kappa shape index (κ3) is 6.39. The van der Waals surface area contributed by atoms with Crippen LogP contribution >= 0.6 is 0 Å². The normalized spacial score (nSPS) is 9.91. The van der Waals surface area contributed by atoms with Gasteiger partial charge in [0.2, 0.25) is 0 Å². The van der Waals surface area contributed by atoms with Gasteiger partial charge in [-0.05, 0) is 30.7 Å². The van der Waals surface area contributed by atoms with E-state index >= 15 is 0 Å². The molecule has 120 valence electrons. The van der Waals surface area contributed by atoms with Crippen molar-refractivity contribution >= 4 is 17.7 Å². The first-order chi connectivity index (χ1) is 10.6. The summed E-state index contributed by atoms with van der Waals surface area (Å²) in [7, 11) is 0. The minimum absolute atomic E-state index is 0.0491. The zero-order chi connectivity index (χ0) is 16.4. The Morgan fingerprint density at radius 2 is 1.77 bits per heavy atom. The highest BCUT2D eigenvalue weighted by molar-refractivity contribution is 5.96. The van der Waals surface area contributed by atoms with Crippen LogP contribution < -0.4 is 15.4 Å². The lowest BCUT2D eigenvalue weighted by atomic mass is 10.1. The molecule has 0 aliphatic rings. The topological polar surface area (TPSA) is 84.5 Å². The van der Waals surface area contributed by atoms with Gasteiger partial charge >= 0.3 is 6.03 Å². The fourth-order valence-corrected chi connectivity index (χ4v) is 1.68. The number of amides is 3. The van der Waals surface area contributed by atoms with Crippen LogP contribution in [0.2, 0.25) is 0 Å². The summed E-state index contributed by atoms with van der Waals surface area (Å²) >= 11 is 0. The first-order valence-corrected chi connectivity index (χ1v) is 7.40. The summed E-state index contributed by atoms with van der Waals surface area (Å²) in [5.41, 5.74) is 0.606. The van der Waals surface area contributed by atoms with E-state index in [1.807, 2.05) is 6.92 Å². The summed E-state index contributed by atoms with van der Waals surface area (Å²) in [6.45, 7) is 4.08. The lowest BCUT2D eigenvalue weighted by Gasteiger charge is -2.08. The molecule has 1 aromatic rings. The molecule has 6 heteroatoms. The van der Waals surface area contributed by atoms with E-state index in [2.05, 4.69) is 10.6 Å². The molecular weight excluding hydrogens is 284 g/mol. The van der Waals surface area contributed by atoms with Gasteiger partial charge in [0.25, 0.3) is 5.91 Å². The molecule has 2 N–H and O–H groups in total. The van der Waals surface area contributed by atoms with Gasteiger partial charge in [0, 0.05) is 18.5 Å². The monoisotopic (exact) mass is 306 g/mol. The second kappa shape index (κ2) is 9.55. The SMILES string of the molecule is CCCCNC(=O)NC(=O)COc1ccc(C(=O)CC)cc1. The lowest BCUT2D eigenvalue weighted by Crippen LogP contribution is -2.41. The van der Waals surface area contributed by atoms with Gasteiger partial charge in [0.1, 0.15) is 5.75 Å². The molecule has 6 nitrogen and oxygen atoms in total. The Labute approximate surface area is 130 Å². The Balaban J connectivity index is 2.34. The predicted octanol–water partition coefficient (Wildman–Crippen LogP) is 2.28. The van der Waals surface area contributed by atoms with Crippen LogP contribution in [0.25, 0.3) is 0 Å². The highest BCUT2D eigenvalue weighted by Gasteiger charge is 2.08. The standard InChI is InChI=1S/C16H22N2O4/c1-3-5-10-17-16(21)18-15(20)11-22-13-8-6-12(7-9-13)14(19)4-2/h6-9H,3-5,10-11H2,1-2H3,(H2,17,18,20,21). The molecule has 3 amide bonds. The molecule has 0 aromatic heterocycles. The second-order valence-electron chi connectivity index (χ2n) is 4.75. The van der Waals surface area contributed by atoms with Crippen molar-refractivity contribution in [3.05, 3.63) is 29.8 Å². The average molecular weight is 306 g/mol. The van der Waals surface area contributed by atoms with E-state index in [9.17, 15) is 14.4 Å². The highest BCUT2D eigenvalue weighted by Crippen LogP contribution is 2.13. The zero-order valence-electron chi connectivity index (χ0n) is 13.0. The van der Waals surface area contributed by atoms with E-state index in [4.69, 9.17) is 4.74 Å². The van der Waals surface area contributed by atoms with E-state index in [0.29, 0.717) is 24.3 Å². The Morgan fingerprint density at radius 1 is 1.09 bits per heavy atom. The van der Waals surface area contributed by atoms with Crippen molar-refractivity contribution in [2.45, 2.75) is 33.1 Å². The van der Waals surface area contributed by atoms with Crippen LogP contribution in [-0.2, 0) is 4.79 Å². The number of urea groups is 1. The third-order valence-corrected chi connectivity index (χ3v) is 2.94. The smallest absolute Gasteiger partial charge is 0.321 e.